The number of ketones is 1. The molecule has 0 saturated heterocycles. The van der Waals surface area contributed by atoms with Crippen LogP contribution >= 0.6 is 0 Å². The standard InChI is InChI=1S/C23H21NO3/c1-2-17-12-13-19(14-21(25)18-10-8-16(15-24)9-11-18)22(17)23(26)27-20-6-4-3-5-7-20/h3-11,13,17,19,22H,1-2,12,14H2. The molecule has 2 aromatic carbocycles. The third-order valence-corrected chi connectivity index (χ3v) is 5.07. The number of benzene rings is 2. The van der Waals surface area contributed by atoms with E-state index < -0.39 is 0 Å². The van der Waals surface area contributed by atoms with E-state index in [4.69, 9.17) is 10.00 Å². The first-order valence-electron chi connectivity index (χ1n) is 9.05. The summed E-state index contributed by atoms with van der Waals surface area (Å²) < 4.78 is 5.54. The van der Waals surface area contributed by atoms with Crippen LogP contribution < -0.4 is 4.74 Å². The average Bonchev–Trinajstić information content (AvgIpc) is 3.11. The van der Waals surface area contributed by atoms with Gasteiger partial charge in [-0.05, 0) is 55.4 Å². The summed E-state index contributed by atoms with van der Waals surface area (Å²) in [7, 11) is 0. The summed E-state index contributed by atoms with van der Waals surface area (Å²) in [5.74, 6) is -0.292. The van der Waals surface area contributed by atoms with Gasteiger partial charge in [-0.2, -0.15) is 5.26 Å². The lowest BCUT2D eigenvalue weighted by molar-refractivity contribution is -0.141. The van der Waals surface area contributed by atoms with E-state index in [-0.39, 0.29) is 35.9 Å². The summed E-state index contributed by atoms with van der Waals surface area (Å²) in [6.07, 6.45) is 3.67. The van der Waals surface area contributed by atoms with Crippen molar-refractivity contribution in [1.82, 2.24) is 0 Å². The van der Waals surface area contributed by atoms with Gasteiger partial charge in [0.25, 0.3) is 0 Å². The van der Waals surface area contributed by atoms with Crippen LogP contribution in [0.3, 0.4) is 0 Å². The largest absolute Gasteiger partial charge is 0.426 e. The number of ether oxygens (including phenoxy) is 1. The molecule has 1 fully saturated rings. The number of carbonyl (C=O) groups is 2. The maximum Gasteiger partial charge on any atom is 0.314 e. The molecule has 0 heterocycles. The van der Waals surface area contributed by atoms with E-state index in [1.807, 2.05) is 30.7 Å². The van der Waals surface area contributed by atoms with Gasteiger partial charge in [0, 0.05) is 12.0 Å². The molecule has 0 spiro atoms. The highest BCUT2D eigenvalue weighted by Crippen LogP contribution is 2.41. The zero-order valence-corrected chi connectivity index (χ0v) is 15.0. The fourth-order valence-electron chi connectivity index (χ4n) is 3.60. The molecular formula is C23H21NO3. The number of rotatable bonds is 6. The fraction of sp³-hybridized carbons (Fsp3) is 0.261. The Hall–Kier alpha value is -2.93. The van der Waals surface area contributed by atoms with Crippen molar-refractivity contribution < 1.29 is 14.3 Å². The van der Waals surface area contributed by atoms with Crippen LogP contribution in [-0.2, 0) is 4.79 Å². The van der Waals surface area contributed by atoms with E-state index in [1.165, 1.54) is 0 Å². The Morgan fingerprint density at radius 2 is 1.81 bits per heavy atom. The molecule has 3 unspecified atom stereocenters. The molecule has 0 amide bonds. The van der Waals surface area contributed by atoms with Gasteiger partial charge in [0.1, 0.15) is 5.75 Å². The molecule has 1 aliphatic carbocycles. The topological polar surface area (TPSA) is 67.2 Å². The Labute approximate surface area is 159 Å². The molecule has 4 heteroatoms. The third kappa shape index (κ3) is 4.43. The number of nitriles is 1. The maximum atomic E-state index is 12.8. The quantitative estimate of drug-likeness (QED) is 0.435. The summed E-state index contributed by atoms with van der Waals surface area (Å²) >= 11 is 0. The Morgan fingerprint density at radius 1 is 1.11 bits per heavy atom. The smallest absolute Gasteiger partial charge is 0.314 e. The van der Waals surface area contributed by atoms with Gasteiger partial charge in [0.05, 0.1) is 17.6 Å². The lowest BCUT2D eigenvalue weighted by atomic mass is 9.84. The van der Waals surface area contributed by atoms with Crippen LogP contribution in [0.15, 0.2) is 54.6 Å². The van der Waals surface area contributed by atoms with E-state index in [1.54, 1.807) is 36.4 Å². The van der Waals surface area contributed by atoms with Crippen LogP contribution in [0.5, 0.6) is 5.75 Å². The molecular weight excluding hydrogens is 338 g/mol. The van der Waals surface area contributed by atoms with Gasteiger partial charge in [0.2, 0.25) is 0 Å². The van der Waals surface area contributed by atoms with Crippen molar-refractivity contribution in [2.45, 2.75) is 19.3 Å². The molecule has 3 rings (SSSR count). The predicted octanol–water partition coefficient (Wildman–Crippen LogP) is 4.42. The number of Topliss-reactive ketones (excluding diaryl/α,β-unsaturated/α-hetero) is 1. The first-order chi connectivity index (χ1) is 13.1. The highest BCUT2D eigenvalue weighted by molar-refractivity contribution is 5.96. The number of hydrogen-bond donors (Lipinski definition) is 0. The van der Waals surface area contributed by atoms with Gasteiger partial charge >= 0.3 is 5.97 Å². The second kappa shape index (κ2) is 8.64. The number of hydrogen-bond acceptors (Lipinski definition) is 4. The molecule has 3 atom stereocenters. The SMILES string of the molecule is [CH2]CC1C[CH]C(CC(=O)c2ccc(C#N)cc2)C1C(=O)Oc1ccccc1. The first-order valence-corrected chi connectivity index (χ1v) is 9.05. The van der Waals surface area contributed by atoms with Gasteiger partial charge in [0.15, 0.2) is 5.78 Å². The second-order valence-electron chi connectivity index (χ2n) is 6.76. The van der Waals surface area contributed by atoms with Crippen molar-refractivity contribution >= 4 is 11.8 Å². The predicted molar refractivity (Wildman–Crippen MR) is 102 cm³/mol. The van der Waals surface area contributed by atoms with Gasteiger partial charge in [-0.15, -0.1) is 0 Å². The van der Waals surface area contributed by atoms with Crippen molar-refractivity contribution in [2.24, 2.45) is 17.8 Å². The van der Waals surface area contributed by atoms with Crippen molar-refractivity contribution in [3.63, 3.8) is 0 Å². The van der Waals surface area contributed by atoms with Crippen molar-refractivity contribution in [3.8, 4) is 11.8 Å². The van der Waals surface area contributed by atoms with Crippen molar-refractivity contribution in [3.05, 3.63) is 79.1 Å². The van der Waals surface area contributed by atoms with Crippen LogP contribution in [0, 0.1) is 42.4 Å². The molecule has 2 aromatic rings. The van der Waals surface area contributed by atoms with E-state index in [2.05, 4.69) is 6.92 Å². The van der Waals surface area contributed by atoms with Gasteiger partial charge in [-0.25, -0.2) is 0 Å². The van der Waals surface area contributed by atoms with Crippen LogP contribution in [-0.4, -0.2) is 11.8 Å². The second-order valence-corrected chi connectivity index (χ2v) is 6.76. The third-order valence-electron chi connectivity index (χ3n) is 5.07. The first kappa shape index (κ1) is 18.8. The maximum absolute atomic E-state index is 12.8. The van der Waals surface area contributed by atoms with Crippen molar-refractivity contribution in [1.29, 1.82) is 5.26 Å². The molecule has 0 aromatic heterocycles. The summed E-state index contributed by atoms with van der Waals surface area (Å²) in [6, 6.07) is 17.6. The lowest BCUT2D eigenvalue weighted by Crippen LogP contribution is -2.30. The zero-order chi connectivity index (χ0) is 19.2. The molecule has 2 radical (unpaired) electrons. The average molecular weight is 359 g/mol. The minimum atomic E-state index is -0.370. The molecule has 136 valence electrons. The van der Waals surface area contributed by atoms with E-state index in [0.29, 0.717) is 23.3 Å². The Balaban J connectivity index is 1.71. The highest BCUT2D eigenvalue weighted by atomic mass is 16.5. The Kier molecular flexibility index (Phi) is 6.03. The molecule has 1 saturated carbocycles. The minimum Gasteiger partial charge on any atom is -0.426 e. The molecule has 0 aliphatic heterocycles. The Bertz CT molecular complexity index is 836. The lowest BCUT2D eigenvalue weighted by Gasteiger charge is -2.22. The van der Waals surface area contributed by atoms with Crippen LogP contribution in [0.4, 0.5) is 0 Å². The van der Waals surface area contributed by atoms with Gasteiger partial charge in [-0.3, -0.25) is 9.59 Å². The number of nitrogens with zero attached hydrogens (tertiary/aromatic N) is 1. The van der Waals surface area contributed by atoms with Gasteiger partial charge < -0.3 is 4.74 Å². The molecule has 27 heavy (non-hydrogen) atoms. The van der Waals surface area contributed by atoms with Crippen LogP contribution in [0.2, 0.25) is 0 Å². The normalized spacial score (nSPS) is 21.4. The monoisotopic (exact) mass is 359 g/mol. The van der Waals surface area contributed by atoms with E-state index >= 15 is 0 Å². The summed E-state index contributed by atoms with van der Waals surface area (Å²) in [5, 5.41) is 8.87. The van der Waals surface area contributed by atoms with Crippen molar-refractivity contribution in [2.75, 3.05) is 0 Å². The molecule has 0 N–H and O–H groups in total. The number of para-hydroxylation sites is 1. The Morgan fingerprint density at radius 3 is 2.44 bits per heavy atom. The van der Waals surface area contributed by atoms with E-state index in [0.717, 1.165) is 6.42 Å². The molecule has 1 aliphatic rings. The minimum absolute atomic E-state index is 0.0389. The summed E-state index contributed by atoms with van der Waals surface area (Å²) in [5.41, 5.74) is 1.07. The number of carbonyl (C=O) groups excluding carboxylic acids is 2. The van der Waals surface area contributed by atoms with Crippen LogP contribution in [0.1, 0.15) is 35.2 Å². The van der Waals surface area contributed by atoms with Gasteiger partial charge in [-0.1, -0.05) is 37.3 Å². The summed E-state index contributed by atoms with van der Waals surface area (Å²) in [4.78, 5) is 25.4. The molecule has 0 bridgehead atoms. The highest BCUT2D eigenvalue weighted by Gasteiger charge is 2.42. The van der Waals surface area contributed by atoms with E-state index in [9.17, 15) is 9.59 Å². The molecule has 4 nitrogen and oxygen atoms in total. The summed E-state index contributed by atoms with van der Waals surface area (Å²) in [6.45, 7) is 3.95. The fourth-order valence-corrected chi connectivity index (χ4v) is 3.60. The number of esters is 1. The zero-order valence-electron chi connectivity index (χ0n) is 15.0. The van der Waals surface area contributed by atoms with Crippen LogP contribution in [0.25, 0.3) is 0 Å².